The zero-order valence-corrected chi connectivity index (χ0v) is 16.9. The average molecular weight is 406 g/mol. The minimum atomic E-state index is -0.274. The highest BCUT2D eigenvalue weighted by atomic mass is 16.5. The van der Waals surface area contributed by atoms with Gasteiger partial charge in [-0.3, -0.25) is 4.90 Å². The number of nitrogens with zero attached hydrogens (tertiary/aromatic N) is 1. The van der Waals surface area contributed by atoms with Gasteiger partial charge in [0.25, 0.3) is 0 Å². The average Bonchev–Trinajstić information content (AvgIpc) is 3.19. The molecule has 0 aromatic heterocycles. The van der Waals surface area contributed by atoms with Crippen LogP contribution in [0.1, 0.15) is 18.1 Å². The third-order valence-electron chi connectivity index (χ3n) is 5.03. The molecule has 156 valence electrons. The van der Waals surface area contributed by atoms with E-state index in [2.05, 4.69) is 10.6 Å². The lowest BCUT2D eigenvalue weighted by Crippen LogP contribution is -2.51. The predicted molar refractivity (Wildman–Crippen MR) is 117 cm³/mol. The van der Waals surface area contributed by atoms with Gasteiger partial charge in [0, 0.05) is 36.2 Å². The quantitative estimate of drug-likeness (QED) is 0.587. The minimum Gasteiger partial charge on any atom is -0.490 e. The van der Waals surface area contributed by atoms with Crippen molar-refractivity contribution in [2.75, 3.05) is 24.7 Å². The van der Waals surface area contributed by atoms with E-state index in [1.54, 1.807) is 4.90 Å². The van der Waals surface area contributed by atoms with Gasteiger partial charge in [-0.25, -0.2) is 4.79 Å². The first-order valence-electron chi connectivity index (χ1n) is 10.1. The summed E-state index contributed by atoms with van der Waals surface area (Å²) in [4.78, 5) is 14.3. The van der Waals surface area contributed by atoms with Gasteiger partial charge in [0.1, 0.15) is 18.5 Å². The van der Waals surface area contributed by atoms with Crippen molar-refractivity contribution in [3.05, 3.63) is 77.5 Å². The molecule has 4 N–H and O–H groups in total. The highest BCUT2D eigenvalue weighted by molar-refractivity contribution is 5.96. The van der Waals surface area contributed by atoms with Crippen LogP contribution in [0, 0.1) is 0 Å². The first kappa shape index (κ1) is 20.0. The van der Waals surface area contributed by atoms with Crippen LogP contribution < -0.4 is 26.0 Å². The summed E-state index contributed by atoms with van der Waals surface area (Å²) in [6, 6.07) is 15.3. The molecule has 30 heavy (non-hydrogen) atoms. The van der Waals surface area contributed by atoms with Crippen LogP contribution in [0.5, 0.6) is 5.75 Å². The fourth-order valence-corrected chi connectivity index (χ4v) is 3.47. The number of urea groups is 1. The van der Waals surface area contributed by atoms with E-state index in [1.807, 2.05) is 67.7 Å². The fourth-order valence-electron chi connectivity index (χ4n) is 3.47. The summed E-state index contributed by atoms with van der Waals surface area (Å²) in [5.41, 5.74) is 10.3. The van der Waals surface area contributed by atoms with E-state index in [0.29, 0.717) is 26.4 Å². The number of carbonyl (C=O) groups excluding carboxylic acids is 1. The van der Waals surface area contributed by atoms with Crippen molar-refractivity contribution in [2.45, 2.75) is 19.6 Å². The number of para-hydroxylation sites is 1. The lowest BCUT2D eigenvalue weighted by Gasteiger charge is -2.29. The Balaban J connectivity index is 1.56. The van der Waals surface area contributed by atoms with Crippen molar-refractivity contribution in [1.82, 2.24) is 10.6 Å². The van der Waals surface area contributed by atoms with Crippen LogP contribution in [-0.2, 0) is 11.3 Å². The maximum atomic E-state index is 12.6. The second kappa shape index (κ2) is 9.02. The smallest absolute Gasteiger partial charge is 0.327 e. The fraction of sp³-hybridized carbons (Fsp3) is 0.261. The summed E-state index contributed by atoms with van der Waals surface area (Å²) in [5, 5.41) is 6.38. The highest BCUT2D eigenvalue weighted by Gasteiger charge is 2.31. The number of ether oxygens (including phenoxy) is 2. The summed E-state index contributed by atoms with van der Waals surface area (Å²) in [6.45, 7) is 4.11. The van der Waals surface area contributed by atoms with E-state index in [-0.39, 0.29) is 12.2 Å². The van der Waals surface area contributed by atoms with E-state index in [9.17, 15) is 4.79 Å². The second-order valence-electron chi connectivity index (χ2n) is 7.00. The van der Waals surface area contributed by atoms with Crippen LogP contribution in [0.3, 0.4) is 0 Å². The van der Waals surface area contributed by atoms with Crippen LogP contribution in [-0.4, -0.2) is 32.0 Å². The topological polar surface area (TPSA) is 88.8 Å². The molecule has 7 nitrogen and oxygen atoms in total. The molecule has 0 saturated heterocycles. The highest BCUT2D eigenvalue weighted by Crippen LogP contribution is 2.32. The molecule has 2 aliphatic rings. The van der Waals surface area contributed by atoms with Crippen LogP contribution in [0.25, 0.3) is 5.70 Å². The predicted octanol–water partition coefficient (Wildman–Crippen LogP) is 2.94. The summed E-state index contributed by atoms with van der Waals surface area (Å²) >= 11 is 0. The Morgan fingerprint density at radius 3 is 2.63 bits per heavy atom. The molecular weight excluding hydrogens is 380 g/mol. The van der Waals surface area contributed by atoms with Gasteiger partial charge in [-0.05, 0) is 42.8 Å². The number of nitrogens with two attached hydrogens (primary N) is 1. The molecule has 2 aromatic carbocycles. The maximum absolute atomic E-state index is 12.6. The first-order valence-corrected chi connectivity index (χ1v) is 10.1. The molecule has 0 aliphatic carbocycles. The largest absolute Gasteiger partial charge is 0.490 e. The maximum Gasteiger partial charge on any atom is 0.327 e. The van der Waals surface area contributed by atoms with Gasteiger partial charge in [-0.1, -0.05) is 24.3 Å². The number of hydrogen-bond donors (Lipinski definition) is 3. The lowest BCUT2D eigenvalue weighted by atomic mass is 10.1. The molecule has 2 heterocycles. The molecule has 4 rings (SSSR count). The lowest BCUT2D eigenvalue weighted by molar-refractivity contribution is 0.110. The zero-order valence-electron chi connectivity index (χ0n) is 16.9. The van der Waals surface area contributed by atoms with Crippen molar-refractivity contribution >= 4 is 17.4 Å². The molecule has 7 heteroatoms. The van der Waals surface area contributed by atoms with Gasteiger partial charge >= 0.3 is 6.03 Å². The Kier molecular flexibility index (Phi) is 6.02. The Hall–Kier alpha value is -3.29. The van der Waals surface area contributed by atoms with Crippen molar-refractivity contribution in [1.29, 1.82) is 0 Å². The SMILES string of the molecule is CCOCCOc1ccccc1C1=CC2=CN(c3ccc(CN)cc3)C(=O)NC2N1. The number of carbonyl (C=O) groups is 1. The molecule has 1 unspecified atom stereocenters. The Morgan fingerprint density at radius 1 is 1.07 bits per heavy atom. The van der Waals surface area contributed by atoms with Crippen LogP contribution in [0.15, 0.2) is 66.4 Å². The number of anilines is 1. The number of benzene rings is 2. The van der Waals surface area contributed by atoms with Gasteiger partial charge in [0.2, 0.25) is 0 Å². The van der Waals surface area contributed by atoms with Gasteiger partial charge < -0.3 is 25.8 Å². The van der Waals surface area contributed by atoms with E-state index in [4.69, 9.17) is 15.2 Å². The van der Waals surface area contributed by atoms with E-state index in [1.165, 1.54) is 0 Å². The van der Waals surface area contributed by atoms with Gasteiger partial charge in [0.05, 0.1) is 12.3 Å². The number of rotatable bonds is 8. The van der Waals surface area contributed by atoms with Crippen molar-refractivity contribution in [2.24, 2.45) is 5.73 Å². The van der Waals surface area contributed by atoms with Gasteiger partial charge in [0.15, 0.2) is 0 Å². The third kappa shape index (κ3) is 4.17. The standard InChI is InChI=1S/C23H26N4O3/c1-2-29-11-12-30-21-6-4-3-5-19(21)20-13-17-15-27(23(28)26-22(17)25-20)18-9-7-16(14-24)8-10-18/h3-10,13,15,22,25H,2,11-12,14,24H2,1H3,(H,26,28). The third-order valence-corrected chi connectivity index (χ3v) is 5.03. The number of nitrogens with one attached hydrogen (secondary N) is 2. The normalized spacial score (nSPS) is 17.6. The van der Waals surface area contributed by atoms with Crippen LogP contribution in [0.2, 0.25) is 0 Å². The van der Waals surface area contributed by atoms with Gasteiger partial charge in [-0.15, -0.1) is 0 Å². The molecular formula is C23H26N4O3. The summed E-state index contributed by atoms with van der Waals surface area (Å²) in [5.74, 6) is 0.774. The number of amides is 2. The molecule has 0 radical (unpaired) electrons. The molecule has 0 saturated carbocycles. The molecule has 2 aromatic rings. The first-order chi connectivity index (χ1) is 14.7. The van der Waals surface area contributed by atoms with E-state index in [0.717, 1.165) is 33.8 Å². The summed E-state index contributed by atoms with van der Waals surface area (Å²) in [7, 11) is 0. The van der Waals surface area contributed by atoms with Crippen LogP contribution in [0.4, 0.5) is 10.5 Å². The van der Waals surface area contributed by atoms with Crippen molar-refractivity contribution in [3.8, 4) is 5.75 Å². The molecule has 0 fully saturated rings. The molecule has 1 atom stereocenters. The summed E-state index contributed by atoms with van der Waals surface area (Å²) in [6.07, 6.45) is 3.62. The van der Waals surface area contributed by atoms with Crippen molar-refractivity contribution in [3.63, 3.8) is 0 Å². The summed E-state index contributed by atoms with van der Waals surface area (Å²) < 4.78 is 11.3. The molecule has 2 amide bonds. The minimum absolute atomic E-state index is 0.187. The van der Waals surface area contributed by atoms with E-state index >= 15 is 0 Å². The van der Waals surface area contributed by atoms with Crippen molar-refractivity contribution < 1.29 is 14.3 Å². The number of hydrogen-bond acceptors (Lipinski definition) is 5. The van der Waals surface area contributed by atoms with Crippen LogP contribution >= 0.6 is 0 Å². The second-order valence-corrected chi connectivity index (χ2v) is 7.00. The molecule has 0 bridgehead atoms. The monoisotopic (exact) mass is 406 g/mol. The van der Waals surface area contributed by atoms with Gasteiger partial charge in [-0.2, -0.15) is 0 Å². The van der Waals surface area contributed by atoms with E-state index < -0.39 is 0 Å². The Bertz CT molecular complexity index is 969. The molecule has 2 aliphatic heterocycles. The molecule has 0 spiro atoms. The zero-order chi connectivity index (χ0) is 20.9. The Labute approximate surface area is 176 Å². The Morgan fingerprint density at radius 2 is 1.87 bits per heavy atom. The number of fused-ring (bicyclic) bond motifs is 1.